The molecule has 1 fully saturated rings. The molecule has 1 aliphatic heterocycles. The van der Waals surface area contributed by atoms with Gasteiger partial charge in [-0.3, -0.25) is 9.88 Å². The largest absolute Gasteiger partial charge is 0.313 e. The Labute approximate surface area is 155 Å². The predicted octanol–water partition coefficient (Wildman–Crippen LogP) is 3.86. The molecule has 2 aromatic heterocycles. The number of aromatic nitrogens is 4. The molecule has 1 aromatic carbocycles. The minimum Gasteiger partial charge on any atom is -0.313 e. The minimum atomic E-state index is -0.161. The van der Waals surface area contributed by atoms with Crippen LogP contribution in [0.5, 0.6) is 0 Å². The maximum absolute atomic E-state index is 14.0. The number of aryl methyl sites for hydroxylation is 1. The van der Waals surface area contributed by atoms with Gasteiger partial charge in [-0.25, -0.2) is 9.37 Å². The first kappa shape index (κ1) is 17.0. The van der Waals surface area contributed by atoms with Gasteiger partial charge in [0.2, 0.25) is 5.13 Å². The van der Waals surface area contributed by atoms with Crippen LogP contribution >= 0.6 is 11.3 Å². The van der Waals surface area contributed by atoms with Crippen molar-refractivity contribution in [3.63, 3.8) is 0 Å². The molecule has 134 valence electrons. The summed E-state index contributed by atoms with van der Waals surface area (Å²) in [6.45, 7) is 3.41. The van der Waals surface area contributed by atoms with Crippen molar-refractivity contribution in [1.82, 2.24) is 25.1 Å². The highest BCUT2D eigenvalue weighted by Gasteiger charge is 2.28. The van der Waals surface area contributed by atoms with Crippen molar-refractivity contribution in [2.24, 2.45) is 0 Å². The predicted molar refractivity (Wildman–Crippen MR) is 98.7 cm³/mol. The monoisotopic (exact) mass is 370 g/mol. The number of benzene rings is 1. The van der Waals surface area contributed by atoms with E-state index in [9.17, 15) is 4.39 Å². The van der Waals surface area contributed by atoms with Crippen LogP contribution in [0.25, 0.3) is 0 Å². The van der Waals surface area contributed by atoms with E-state index in [0.717, 1.165) is 30.1 Å². The number of hydrogen-bond acceptors (Lipinski definition) is 7. The normalized spacial score (nSPS) is 17.5. The summed E-state index contributed by atoms with van der Waals surface area (Å²) < 4.78 is 14.0. The molecule has 1 saturated heterocycles. The second-order valence-electron chi connectivity index (χ2n) is 6.30. The summed E-state index contributed by atoms with van der Waals surface area (Å²) in [6, 6.07) is 7.08. The molecule has 0 saturated carbocycles. The molecule has 3 heterocycles. The average molecular weight is 370 g/mol. The van der Waals surface area contributed by atoms with E-state index in [1.165, 1.54) is 17.4 Å². The SMILES string of the molecule is Cc1nnc(Nc2cncc([C@H]3CCCN3Cc3ccccc3F)n2)s1. The van der Waals surface area contributed by atoms with E-state index in [-0.39, 0.29) is 11.9 Å². The fraction of sp³-hybridized carbons (Fsp3) is 0.333. The van der Waals surface area contributed by atoms with Crippen LogP contribution in [0, 0.1) is 12.7 Å². The van der Waals surface area contributed by atoms with E-state index in [1.807, 2.05) is 19.1 Å². The summed E-state index contributed by atoms with van der Waals surface area (Å²) in [5.74, 6) is 0.489. The lowest BCUT2D eigenvalue weighted by atomic mass is 10.1. The molecular weight excluding hydrogens is 351 g/mol. The molecule has 1 aliphatic rings. The Morgan fingerprint density at radius 1 is 1.27 bits per heavy atom. The van der Waals surface area contributed by atoms with Crippen molar-refractivity contribution in [2.45, 2.75) is 32.4 Å². The summed E-state index contributed by atoms with van der Waals surface area (Å²) in [5, 5.41) is 12.8. The van der Waals surface area contributed by atoms with Crippen LogP contribution in [0.15, 0.2) is 36.7 Å². The minimum absolute atomic E-state index is 0.139. The van der Waals surface area contributed by atoms with Gasteiger partial charge < -0.3 is 5.32 Å². The second kappa shape index (κ2) is 7.43. The Hall–Kier alpha value is -2.45. The van der Waals surface area contributed by atoms with Gasteiger partial charge in [0.1, 0.15) is 10.8 Å². The summed E-state index contributed by atoms with van der Waals surface area (Å²) in [4.78, 5) is 11.3. The lowest BCUT2D eigenvalue weighted by Gasteiger charge is -2.24. The summed E-state index contributed by atoms with van der Waals surface area (Å²) in [7, 11) is 0. The molecule has 0 bridgehead atoms. The van der Waals surface area contributed by atoms with Gasteiger partial charge in [0.25, 0.3) is 0 Å². The maximum atomic E-state index is 14.0. The third kappa shape index (κ3) is 3.71. The van der Waals surface area contributed by atoms with Gasteiger partial charge in [-0.1, -0.05) is 29.5 Å². The highest BCUT2D eigenvalue weighted by molar-refractivity contribution is 7.15. The fourth-order valence-electron chi connectivity index (χ4n) is 3.25. The van der Waals surface area contributed by atoms with E-state index in [2.05, 4.69) is 25.4 Å². The molecule has 8 heteroatoms. The highest BCUT2D eigenvalue weighted by atomic mass is 32.1. The van der Waals surface area contributed by atoms with Gasteiger partial charge in [-0.2, -0.15) is 0 Å². The van der Waals surface area contributed by atoms with Crippen LogP contribution in [-0.4, -0.2) is 31.6 Å². The molecule has 6 nitrogen and oxygen atoms in total. The lowest BCUT2D eigenvalue weighted by Crippen LogP contribution is -2.24. The van der Waals surface area contributed by atoms with Gasteiger partial charge in [0.15, 0.2) is 5.82 Å². The number of nitrogens with one attached hydrogen (secondary N) is 1. The number of halogens is 1. The zero-order valence-corrected chi connectivity index (χ0v) is 15.2. The van der Waals surface area contributed by atoms with Crippen molar-refractivity contribution < 1.29 is 4.39 Å². The van der Waals surface area contributed by atoms with E-state index in [1.54, 1.807) is 18.5 Å². The molecule has 1 atom stereocenters. The van der Waals surface area contributed by atoms with E-state index in [4.69, 9.17) is 4.98 Å². The number of rotatable bonds is 5. The van der Waals surface area contributed by atoms with Gasteiger partial charge in [-0.15, -0.1) is 10.2 Å². The van der Waals surface area contributed by atoms with Gasteiger partial charge in [0, 0.05) is 12.1 Å². The lowest BCUT2D eigenvalue weighted by molar-refractivity contribution is 0.241. The molecule has 4 rings (SSSR count). The first-order valence-corrected chi connectivity index (χ1v) is 9.37. The van der Waals surface area contributed by atoms with Crippen molar-refractivity contribution in [3.8, 4) is 0 Å². The smallest absolute Gasteiger partial charge is 0.211 e. The third-order valence-corrected chi connectivity index (χ3v) is 5.20. The van der Waals surface area contributed by atoms with Gasteiger partial charge in [-0.05, 0) is 32.4 Å². The van der Waals surface area contributed by atoms with Crippen molar-refractivity contribution in [1.29, 1.82) is 0 Å². The average Bonchev–Trinajstić information content (AvgIpc) is 3.26. The summed E-state index contributed by atoms with van der Waals surface area (Å²) in [6.07, 6.45) is 5.52. The quantitative estimate of drug-likeness (QED) is 0.736. The molecule has 26 heavy (non-hydrogen) atoms. The number of hydrogen-bond donors (Lipinski definition) is 1. The van der Waals surface area contributed by atoms with Crippen LogP contribution in [-0.2, 0) is 6.54 Å². The Morgan fingerprint density at radius 3 is 2.96 bits per heavy atom. The molecule has 0 amide bonds. The topological polar surface area (TPSA) is 66.8 Å². The summed E-state index contributed by atoms with van der Waals surface area (Å²) in [5.41, 5.74) is 1.61. The first-order valence-electron chi connectivity index (χ1n) is 8.55. The highest BCUT2D eigenvalue weighted by Crippen LogP contribution is 2.33. The van der Waals surface area contributed by atoms with E-state index < -0.39 is 0 Å². The Kier molecular flexibility index (Phi) is 4.85. The van der Waals surface area contributed by atoms with Crippen LogP contribution < -0.4 is 5.32 Å². The number of nitrogens with zero attached hydrogens (tertiary/aromatic N) is 5. The van der Waals surface area contributed by atoms with Crippen LogP contribution in [0.1, 0.15) is 35.1 Å². The molecule has 0 spiro atoms. The van der Waals surface area contributed by atoms with Crippen LogP contribution in [0.4, 0.5) is 15.3 Å². The Balaban J connectivity index is 1.52. The molecule has 3 aromatic rings. The Morgan fingerprint density at radius 2 is 2.15 bits per heavy atom. The molecule has 0 radical (unpaired) electrons. The second-order valence-corrected chi connectivity index (χ2v) is 7.48. The van der Waals surface area contributed by atoms with Crippen molar-refractivity contribution >= 4 is 22.3 Å². The van der Waals surface area contributed by atoms with Gasteiger partial charge >= 0.3 is 0 Å². The van der Waals surface area contributed by atoms with Gasteiger partial charge in [0.05, 0.1) is 24.1 Å². The standard InChI is InChI=1S/C18H19FN6S/c1-12-23-24-18(26-12)22-17-10-20-9-15(21-17)16-7-4-8-25(16)11-13-5-2-3-6-14(13)19/h2-3,5-6,9-10,16H,4,7-8,11H2,1H3,(H,21,22,24)/t16-/m1/s1. The number of likely N-dealkylation sites (tertiary alicyclic amines) is 1. The van der Waals surface area contributed by atoms with E-state index in [0.29, 0.717) is 23.1 Å². The third-order valence-electron chi connectivity index (χ3n) is 4.45. The molecule has 0 unspecified atom stereocenters. The molecule has 1 N–H and O–H groups in total. The number of anilines is 2. The first-order chi connectivity index (χ1) is 12.7. The zero-order valence-electron chi connectivity index (χ0n) is 14.4. The van der Waals surface area contributed by atoms with Crippen molar-refractivity contribution in [3.05, 3.63) is 58.7 Å². The van der Waals surface area contributed by atoms with E-state index >= 15 is 0 Å². The maximum Gasteiger partial charge on any atom is 0.211 e. The summed E-state index contributed by atoms with van der Waals surface area (Å²) >= 11 is 1.47. The zero-order chi connectivity index (χ0) is 17.9. The molecular formula is C18H19FN6S. The molecule has 0 aliphatic carbocycles. The van der Waals surface area contributed by atoms with Crippen LogP contribution in [0.3, 0.4) is 0 Å². The van der Waals surface area contributed by atoms with Crippen LogP contribution in [0.2, 0.25) is 0 Å². The Bertz CT molecular complexity index is 899. The van der Waals surface area contributed by atoms with Crippen molar-refractivity contribution in [2.75, 3.05) is 11.9 Å². The fourth-order valence-corrected chi connectivity index (χ4v) is 3.85.